The van der Waals surface area contributed by atoms with E-state index in [0.29, 0.717) is 0 Å². The average Bonchev–Trinajstić information content (AvgIpc) is 2.24. The summed E-state index contributed by atoms with van der Waals surface area (Å²) in [6.45, 7) is 3.52. The lowest BCUT2D eigenvalue weighted by Crippen LogP contribution is -2.50. The zero-order chi connectivity index (χ0) is 12.1. The second-order valence-corrected chi connectivity index (χ2v) is 3.56. The highest BCUT2D eigenvalue weighted by molar-refractivity contribution is 5.72. The average molecular weight is 221 g/mol. The topological polar surface area (TPSA) is 88.1 Å². The third kappa shape index (κ3) is 4.13. The van der Waals surface area contributed by atoms with Gasteiger partial charge in [-0.05, 0) is 5.92 Å². The molecule has 0 aromatic carbocycles. The number of ether oxygens (including phenoxy) is 2. The van der Waals surface area contributed by atoms with E-state index in [2.05, 4.69) is 14.4 Å². The molecule has 6 heteroatoms. The molecule has 0 radical (unpaired) electrons. The standard InChI is InChI=1S/C9H17O6/c1-6(2)7(8(10)13-3)5-9(11,14-4)15-12/h6-7,12H,5H2,1-4H3/q-1. The first-order valence-electron chi connectivity index (χ1n) is 4.56. The van der Waals surface area contributed by atoms with Crippen molar-refractivity contribution in [2.24, 2.45) is 11.8 Å². The van der Waals surface area contributed by atoms with Crippen LogP contribution in [-0.4, -0.2) is 31.4 Å². The Labute approximate surface area is 88.7 Å². The van der Waals surface area contributed by atoms with Gasteiger partial charge in [-0.1, -0.05) is 13.8 Å². The Hall–Kier alpha value is -0.690. The van der Waals surface area contributed by atoms with Gasteiger partial charge in [0, 0.05) is 13.5 Å². The summed E-state index contributed by atoms with van der Waals surface area (Å²) in [6, 6.07) is 0. The van der Waals surface area contributed by atoms with E-state index >= 15 is 0 Å². The number of methoxy groups -OCH3 is 2. The van der Waals surface area contributed by atoms with E-state index in [1.54, 1.807) is 13.8 Å². The molecule has 0 aliphatic rings. The Kier molecular flexibility index (Phi) is 5.74. The van der Waals surface area contributed by atoms with E-state index in [-0.39, 0.29) is 12.3 Å². The van der Waals surface area contributed by atoms with Crippen LogP contribution in [0.4, 0.5) is 0 Å². The number of carbonyl (C=O) groups is 1. The molecule has 0 aliphatic heterocycles. The number of carbonyl (C=O) groups excluding carboxylic acids is 1. The SMILES string of the molecule is COC(=O)C(CC([O-])(OC)OO)C(C)C. The van der Waals surface area contributed by atoms with Crippen molar-refractivity contribution >= 4 is 5.97 Å². The molecule has 0 aliphatic carbocycles. The van der Waals surface area contributed by atoms with Crippen LogP contribution in [0.1, 0.15) is 20.3 Å². The van der Waals surface area contributed by atoms with Crippen LogP contribution in [0.15, 0.2) is 0 Å². The lowest BCUT2D eigenvalue weighted by atomic mass is 9.91. The van der Waals surface area contributed by atoms with Crippen molar-refractivity contribution < 1.29 is 29.5 Å². The summed E-state index contributed by atoms with van der Waals surface area (Å²) in [5.41, 5.74) is 0. The molecule has 0 aromatic heterocycles. The van der Waals surface area contributed by atoms with Crippen molar-refractivity contribution in [1.82, 2.24) is 0 Å². The van der Waals surface area contributed by atoms with Crippen LogP contribution in [0.25, 0.3) is 0 Å². The molecule has 90 valence electrons. The van der Waals surface area contributed by atoms with Crippen LogP contribution in [0.3, 0.4) is 0 Å². The molecule has 0 bridgehead atoms. The first-order chi connectivity index (χ1) is 6.90. The van der Waals surface area contributed by atoms with Crippen molar-refractivity contribution in [3.05, 3.63) is 0 Å². The lowest BCUT2D eigenvalue weighted by molar-refractivity contribution is -0.680. The highest BCUT2D eigenvalue weighted by atomic mass is 17.2. The fourth-order valence-corrected chi connectivity index (χ4v) is 1.17. The van der Waals surface area contributed by atoms with E-state index in [1.165, 1.54) is 7.11 Å². The van der Waals surface area contributed by atoms with E-state index in [4.69, 9.17) is 5.26 Å². The van der Waals surface area contributed by atoms with Gasteiger partial charge >= 0.3 is 5.97 Å². The molecule has 0 fully saturated rings. The Morgan fingerprint density at radius 1 is 1.47 bits per heavy atom. The molecule has 0 saturated carbocycles. The van der Waals surface area contributed by atoms with Gasteiger partial charge in [0.2, 0.25) is 0 Å². The van der Waals surface area contributed by atoms with Gasteiger partial charge in [-0.25, -0.2) is 4.89 Å². The van der Waals surface area contributed by atoms with Crippen LogP contribution in [0.5, 0.6) is 0 Å². The first-order valence-corrected chi connectivity index (χ1v) is 4.56. The summed E-state index contributed by atoms with van der Waals surface area (Å²) in [6.07, 6.45) is -0.315. The molecular formula is C9H17O6-. The second kappa shape index (κ2) is 6.02. The minimum Gasteiger partial charge on any atom is -0.804 e. The van der Waals surface area contributed by atoms with Crippen LogP contribution in [0.2, 0.25) is 0 Å². The number of rotatable bonds is 6. The summed E-state index contributed by atoms with van der Waals surface area (Å²) < 4.78 is 8.96. The summed E-state index contributed by atoms with van der Waals surface area (Å²) in [7, 11) is 2.33. The second-order valence-electron chi connectivity index (χ2n) is 3.56. The van der Waals surface area contributed by atoms with Crippen molar-refractivity contribution in [2.75, 3.05) is 14.2 Å². The van der Waals surface area contributed by atoms with Gasteiger partial charge in [-0.2, -0.15) is 0 Å². The minimum atomic E-state index is -2.43. The number of hydrogen-bond acceptors (Lipinski definition) is 6. The van der Waals surface area contributed by atoms with Crippen LogP contribution >= 0.6 is 0 Å². The Balaban J connectivity index is 4.60. The molecule has 0 rings (SSSR count). The summed E-state index contributed by atoms with van der Waals surface area (Å²) in [4.78, 5) is 15.0. The molecule has 15 heavy (non-hydrogen) atoms. The summed E-state index contributed by atoms with van der Waals surface area (Å²) in [5, 5.41) is 19.9. The maximum absolute atomic E-state index is 11.5. The van der Waals surface area contributed by atoms with E-state index < -0.39 is 17.9 Å². The number of esters is 1. The maximum Gasteiger partial charge on any atom is 0.309 e. The highest BCUT2D eigenvalue weighted by Gasteiger charge is 2.31. The van der Waals surface area contributed by atoms with E-state index in [1.807, 2.05) is 0 Å². The van der Waals surface area contributed by atoms with Gasteiger partial charge in [0.25, 0.3) is 0 Å². The zero-order valence-corrected chi connectivity index (χ0v) is 9.35. The quantitative estimate of drug-likeness (QED) is 0.293. The smallest absolute Gasteiger partial charge is 0.309 e. The predicted octanol–water partition coefficient (Wildman–Crippen LogP) is -0.0282. The molecular weight excluding hydrogens is 204 g/mol. The molecule has 0 aromatic rings. The molecule has 0 amide bonds. The fraction of sp³-hybridized carbons (Fsp3) is 0.889. The maximum atomic E-state index is 11.5. The van der Waals surface area contributed by atoms with Crippen molar-refractivity contribution in [3.8, 4) is 0 Å². The van der Waals surface area contributed by atoms with Gasteiger partial charge in [0.1, 0.15) is 5.97 Å². The van der Waals surface area contributed by atoms with Crippen LogP contribution in [-0.2, 0) is 19.2 Å². The minimum absolute atomic E-state index is 0.115. The van der Waals surface area contributed by atoms with Crippen molar-refractivity contribution in [2.45, 2.75) is 26.2 Å². The van der Waals surface area contributed by atoms with Crippen molar-refractivity contribution in [1.29, 1.82) is 0 Å². The third-order valence-electron chi connectivity index (χ3n) is 2.23. The van der Waals surface area contributed by atoms with Crippen LogP contribution in [0, 0.1) is 11.8 Å². The largest absolute Gasteiger partial charge is 0.804 e. The summed E-state index contributed by atoms with van der Waals surface area (Å²) in [5.74, 6) is -3.75. The van der Waals surface area contributed by atoms with Gasteiger partial charge < -0.3 is 14.6 Å². The molecule has 0 heterocycles. The monoisotopic (exact) mass is 221 g/mol. The Morgan fingerprint density at radius 2 is 2.00 bits per heavy atom. The predicted molar refractivity (Wildman–Crippen MR) is 48.4 cm³/mol. The molecule has 1 N–H and O–H groups in total. The zero-order valence-electron chi connectivity index (χ0n) is 9.35. The highest BCUT2D eigenvalue weighted by Crippen LogP contribution is 2.23. The van der Waals surface area contributed by atoms with Gasteiger partial charge in [0.05, 0.1) is 13.0 Å². The molecule has 0 spiro atoms. The van der Waals surface area contributed by atoms with Crippen molar-refractivity contribution in [3.63, 3.8) is 0 Å². The fourth-order valence-electron chi connectivity index (χ4n) is 1.17. The summed E-state index contributed by atoms with van der Waals surface area (Å²) >= 11 is 0. The Morgan fingerprint density at radius 3 is 2.27 bits per heavy atom. The normalized spacial score (nSPS) is 17.3. The molecule has 6 nitrogen and oxygen atoms in total. The van der Waals surface area contributed by atoms with Crippen LogP contribution < -0.4 is 5.11 Å². The number of hydrogen-bond donors (Lipinski definition) is 1. The van der Waals surface area contributed by atoms with E-state index in [0.717, 1.165) is 7.11 Å². The molecule has 2 unspecified atom stereocenters. The van der Waals surface area contributed by atoms with E-state index in [9.17, 15) is 9.90 Å². The van der Waals surface area contributed by atoms with Gasteiger partial charge in [-0.3, -0.25) is 10.1 Å². The van der Waals surface area contributed by atoms with Gasteiger partial charge in [-0.15, -0.1) is 0 Å². The molecule has 2 atom stereocenters. The lowest BCUT2D eigenvalue weighted by Gasteiger charge is -2.37. The first kappa shape index (κ1) is 14.3. The third-order valence-corrected chi connectivity index (χ3v) is 2.23. The Bertz CT molecular complexity index is 199. The van der Waals surface area contributed by atoms with Gasteiger partial charge in [0.15, 0.2) is 0 Å². The molecule has 0 saturated heterocycles.